The van der Waals surface area contributed by atoms with E-state index in [9.17, 15) is 0 Å². The molecular formula is C15H23NO2. The number of nitrogens with one attached hydrogen (secondary N) is 1. The number of benzene rings is 1. The van der Waals surface area contributed by atoms with E-state index in [0.717, 1.165) is 43.9 Å². The van der Waals surface area contributed by atoms with Crippen LogP contribution in [0.4, 0.5) is 0 Å². The Morgan fingerprint density at radius 1 is 1.33 bits per heavy atom. The Hall–Kier alpha value is -1.22. The molecule has 0 radical (unpaired) electrons. The van der Waals surface area contributed by atoms with Crippen LogP contribution in [0.2, 0.25) is 0 Å². The van der Waals surface area contributed by atoms with Gasteiger partial charge in [0.1, 0.15) is 6.10 Å². The van der Waals surface area contributed by atoms with Gasteiger partial charge in [-0.15, -0.1) is 0 Å². The Bertz CT molecular complexity index is 373. The third-order valence-electron chi connectivity index (χ3n) is 3.31. The van der Waals surface area contributed by atoms with E-state index >= 15 is 0 Å². The number of methoxy groups -OCH3 is 1. The highest BCUT2D eigenvalue weighted by Gasteiger charge is 2.16. The van der Waals surface area contributed by atoms with E-state index in [2.05, 4.69) is 24.4 Å². The van der Waals surface area contributed by atoms with Crippen molar-refractivity contribution in [2.45, 2.75) is 38.7 Å². The first-order chi connectivity index (χ1) is 8.83. The zero-order valence-corrected chi connectivity index (χ0v) is 11.4. The second-order valence-corrected chi connectivity index (χ2v) is 4.82. The molecule has 1 aromatic carbocycles. The molecule has 0 unspecified atom stereocenters. The molecule has 0 bridgehead atoms. The second kappa shape index (κ2) is 6.64. The van der Waals surface area contributed by atoms with E-state index in [0.29, 0.717) is 0 Å². The molecule has 100 valence electrons. The van der Waals surface area contributed by atoms with E-state index in [4.69, 9.17) is 9.47 Å². The first-order valence-corrected chi connectivity index (χ1v) is 6.87. The third-order valence-corrected chi connectivity index (χ3v) is 3.31. The van der Waals surface area contributed by atoms with Crippen LogP contribution in [0.25, 0.3) is 0 Å². The van der Waals surface area contributed by atoms with Gasteiger partial charge in [0.05, 0.1) is 7.11 Å². The molecule has 1 N–H and O–H groups in total. The lowest BCUT2D eigenvalue weighted by Crippen LogP contribution is -2.37. The number of ether oxygens (including phenoxy) is 2. The summed E-state index contributed by atoms with van der Waals surface area (Å²) in [5.74, 6) is 1.72. The summed E-state index contributed by atoms with van der Waals surface area (Å²) in [4.78, 5) is 0. The molecule has 1 aliphatic rings. The average Bonchev–Trinajstić information content (AvgIpc) is 2.42. The standard InChI is InChI=1S/C15H23NO2/c1-3-5-12-7-8-14(15(10-12)17-2)18-13-6-4-9-16-11-13/h7-8,10,13,16H,3-6,9,11H2,1-2H3/t13-/m0/s1. The second-order valence-electron chi connectivity index (χ2n) is 4.82. The fraction of sp³-hybridized carbons (Fsp3) is 0.600. The largest absolute Gasteiger partial charge is 0.493 e. The molecule has 1 atom stereocenters. The van der Waals surface area contributed by atoms with E-state index in [1.165, 1.54) is 12.0 Å². The maximum atomic E-state index is 6.02. The third kappa shape index (κ3) is 3.39. The molecule has 0 saturated carbocycles. The van der Waals surface area contributed by atoms with Gasteiger partial charge in [-0.25, -0.2) is 0 Å². The van der Waals surface area contributed by atoms with Crippen molar-refractivity contribution in [3.05, 3.63) is 23.8 Å². The van der Waals surface area contributed by atoms with Crippen LogP contribution in [0.3, 0.4) is 0 Å². The summed E-state index contributed by atoms with van der Waals surface area (Å²) >= 11 is 0. The summed E-state index contributed by atoms with van der Waals surface area (Å²) in [5.41, 5.74) is 1.31. The van der Waals surface area contributed by atoms with Gasteiger partial charge in [-0.1, -0.05) is 19.4 Å². The van der Waals surface area contributed by atoms with Gasteiger partial charge in [0.15, 0.2) is 11.5 Å². The van der Waals surface area contributed by atoms with Crippen molar-refractivity contribution >= 4 is 0 Å². The smallest absolute Gasteiger partial charge is 0.161 e. The molecule has 3 nitrogen and oxygen atoms in total. The molecule has 2 rings (SSSR count). The van der Waals surface area contributed by atoms with Crippen molar-refractivity contribution < 1.29 is 9.47 Å². The van der Waals surface area contributed by atoms with E-state index in [1.807, 2.05) is 6.07 Å². The van der Waals surface area contributed by atoms with Crippen LogP contribution in [0.15, 0.2) is 18.2 Å². The van der Waals surface area contributed by atoms with Crippen molar-refractivity contribution in [1.82, 2.24) is 5.32 Å². The average molecular weight is 249 g/mol. The molecule has 1 fully saturated rings. The summed E-state index contributed by atoms with van der Waals surface area (Å²) in [6.07, 6.45) is 4.80. The summed E-state index contributed by atoms with van der Waals surface area (Å²) in [5, 5.41) is 3.36. The molecule has 1 saturated heterocycles. The van der Waals surface area contributed by atoms with E-state index in [1.54, 1.807) is 7.11 Å². The minimum Gasteiger partial charge on any atom is -0.493 e. The van der Waals surface area contributed by atoms with Crippen molar-refractivity contribution in [2.75, 3.05) is 20.2 Å². The topological polar surface area (TPSA) is 30.5 Å². The maximum Gasteiger partial charge on any atom is 0.161 e. The zero-order chi connectivity index (χ0) is 12.8. The fourth-order valence-corrected chi connectivity index (χ4v) is 2.35. The molecule has 0 aromatic heterocycles. The molecule has 0 aliphatic carbocycles. The Balaban J connectivity index is 2.06. The SMILES string of the molecule is CCCc1ccc(O[C@H]2CCCNC2)c(OC)c1. The molecule has 1 heterocycles. The lowest BCUT2D eigenvalue weighted by Gasteiger charge is -2.25. The lowest BCUT2D eigenvalue weighted by atomic mass is 10.1. The lowest BCUT2D eigenvalue weighted by molar-refractivity contribution is 0.161. The number of piperidine rings is 1. The maximum absolute atomic E-state index is 6.02. The molecule has 0 spiro atoms. The summed E-state index contributed by atoms with van der Waals surface area (Å²) in [6, 6.07) is 6.27. The first kappa shape index (κ1) is 13.2. The quantitative estimate of drug-likeness (QED) is 0.870. The predicted octanol–water partition coefficient (Wildman–Crippen LogP) is 2.78. The van der Waals surface area contributed by atoms with Gasteiger partial charge in [-0.05, 0) is 43.5 Å². The van der Waals surface area contributed by atoms with Crippen molar-refractivity contribution in [3.63, 3.8) is 0 Å². The van der Waals surface area contributed by atoms with Crippen LogP contribution in [0, 0.1) is 0 Å². The minimum absolute atomic E-state index is 0.268. The summed E-state index contributed by atoms with van der Waals surface area (Å²) < 4.78 is 11.5. The van der Waals surface area contributed by atoms with Crippen LogP contribution >= 0.6 is 0 Å². The van der Waals surface area contributed by atoms with Gasteiger partial charge >= 0.3 is 0 Å². The highest BCUT2D eigenvalue weighted by molar-refractivity contribution is 5.43. The molecular weight excluding hydrogens is 226 g/mol. The van der Waals surface area contributed by atoms with E-state index < -0.39 is 0 Å². The molecule has 3 heteroatoms. The van der Waals surface area contributed by atoms with Crippen LogP contribution in [-0.4, -0.2) is 26.3 Å². The van der Waals surface area contributed by atoms with Crippen molar-refractivity contribution in [3.8, 4) is 11.5 Å². The van der Waals surface area contributed by atoms with Crippen LogP contribution < -0.4 is 14.8 Å². The first-order valence-electron chi connectivity index (χ1n) is 6.87. The van der Waals surface area contributed by atoms with Gasteiger partial charge in [0, 0.05) is 6.54 Å². The summed E-state index contributed by atoms with van der Waals surface area (Å²) in [6.45, 7) is 4.22. The van der Waals surface area contributed by atoms with Crippen LogP contribution in [-0.2, 0) is 6.42 Å². The Labute approximate surface area is 109 Å². The molecule has 1 aliphatic heterocycles. The van der Waals surface area contributed by atoms with Gasteiger partial charge < -0.3 is 14.8 Å². The zero-order valence-electron chi connectivity index (χ0n) is 11.4. The Morgan fingerprint density at radius 2 is 2.22 bits per heavy atom. The van der Waals surface area contributed by atoms with E-state index in [-0.39, 0.29) is 6.10 Å². The number of aryl methyl sites for hydroxylation is 1. The van der Waals surface area contributed by atoms with Gasteiger partial charge in [0.2, 0.25) is 0 Å². The fourth-order valence-electron chi connectivity index (χ4n) is 2.35. The van der Waals surface area contributed by atoms with Gasteiger partial charge in [0.25, 0.3) is 0 Å². The number of hydrogen-bond acceptors (Lipinski definition) is 3. The Morgan fingerprint density at radius 3 is 2.89 bits per heavy atom. The number of rotatable bonds is 5. The minimum atomic E-state index is 0.268. The summed E-state index contributed by atoms with van der Waals surface area (Å²) in [7, 11) is 1.71. The highest BCUT2D eigenvalue weighted by Crippen LogP contribution is 2.30. The molecule has 0 amide bonds. The monoisotopic (exact) mass is 249 g/mol. The van der Waals surface area contributed by atoms with Gasteiger partial charge in [-0.3, -0.25) is 0 Å². The van der Waals surface area contributed by atoms with Gasteiger partial charge in [-0.2, -0.15) is 0 Å². The molecule has 18 heavy (non-hydrogen) atoms. The Kier molecular flexibility index (Phi) is 4.88. The van der Waals surface area contributed by atoms with Crippen LogP contribution in [0.5, 0.6) is 11.5 Å². The highest BCUT2D eigenvalue weighted by atomic mass is 16.5. The van der Waals surface area contributed by atoms with Crippen LogP contribution in [0.1, 0.15) is 31.7 Å². The normalized spacial score (nSPS) is 19.6. The van der Waals surface area contributed by atoms with Crippen molar-refractivity contribution in [1.29, 1.82) is 0 Å². The number of hydrogen-bond donors (Lipinski definition) is 1. The predicted molar refractivity (Wildman–Crippen MR) is 73.5 cm³/mol. The van der Waals surface area contributed by atoms with Crippen molar-refractivity contribution in [2.24, 2.45) is 0 Å². The molecule has 1 aromatic rings.